The van der Waals surface area contributed by atoms with Gasteiger partial charge in [-0.3, -0.25) is 0 Å². The monoisotopic (exact) mass is 232 g/mol. The minimum Gasteiger partial charge on any atom is -0.328 e. The highest BCUT2D eigenvalue weighted by Gasteiger charge is 2.18. The summed E-state index contributed by atoms with van der Waals surface area (Å²) in [6.45, 7) is 5.44. The van der Waals surface area contributed by atoms with Crippen LogP contribution >= 0.6 is 11.3 Å². The van der Waals surface area contributed by atoms with E-state index in [1.807, 2.05) is 11.3 Å². The minimum absolute atomic E-state index is 1.14. The van der Waals surface area contributed by atoms with Crippen LogP contribution in [0.3, 0.4) is 0 Å². The molecule has 2 aromatic heterocycles. The first-order chi connectivity index (χ1) is 7.75. The van der Waals surface area contributed by atoms with E-state index >= 15 is 0 Å². The SMILES string of the molecule is Cc1cc(-c2c(C)nc3n2CCCC3)cs1. The highest BCUT2D eigenvalue weighted by atomic mass is 32.1. The number of nitrogens with zero attached hydrogens (tertiary/aromatic N) is 2. The Kier molecular flexibility index (Phi) is 2.36. The van der Waals surface area contributed by atoms with Crippen LogP contribution in [0, 0.1) is 13.8 Å². The fraction of sp³-hybridized carbons (Fsp3) is 0.462. The van der Waals surface area contributed by atoms with E-state index in [-0.39, 0.29) is 0 Å². The Balaban J connectivity index is 2.16. The van der Waals surface area contributed by atoms with E-state index in [0.717, 1.165) is 13.0 Å². The molecule has 0 radical (unpaired) electrons. The van der Waals surface area contributed by atoms with Crippen LogP contribution in [-0.4, -0.2) is 9.55 Å². The maximum absolute atomic E-state index is 4.70. The maximum atomic E-state index is 4.70. The van der Waals surface area contributed by atoms with Crippen LogP contribution in [-0.2, 0) is 13.0 Å². The van der Waals surface area contributed by atoms with Crippen LogP contribution < -0.4 is 0 Å². The number of imidazole rings is 1. The molecule has 1 aliphatic rings. The molecule has 2 nitrogen and oxygen atoms in total. The number of rotatable bonds is 1. The summed E-state index contributed by atoms with van der Waals surface area (Å²) in [5.74, 6) is 1.28. The molecule has 0 aliphatic carbocycles. The van der Waals surface area contributed by atoms with Gasteiger partial charge in [-0.1, -0.05) is 0 Å². The molecule has 0 fully saturated rings. The molecule has 0 bridgehead atoms. The second-order valence-corrected chi connectivity index (χ2v) is 5.63. The lowest BCUT2D eigenvalue weighted by Crippen LogP contribution is -2.11. The number of hydrogen-bond acceptors (Lipinski definition) is 2. The molecule has 0 atom stereocenters. The highest BCUT2D eigenvalue weighted by molar-refractivity contribution is 7.10. The van der Waals surface area contributed by atoms with E-state index in [1.54, 1.807) is 0 Å². The molecule has 0 spiro atoms. The standard InChI is InChI=1S/C13H16N2S/c1-9-7-11(8-16-9)13-10(2)14-12-5-3-4-6-15(12)13/h7-8H,3-6H2,1-2H3. The van der Waals surface area contributed by atoms with Crippen molar-refractivity contribution in [2.24, 2.45) is 0 Å². The van der Waals surface area contributed by atoms with Crippen molar-refractivity contribution in [1.29, 1.82) is 0 Å². The van der Waals surface area contributed by atoms with Crippen molar-refractivity contribution in [1.82, 2.24) is 9.55 Å². The smallest absolute Gasteiger partial charge is 0.109 e. The Morgan fingerprint density at radius 3 is 2.94 bits per heavy atom. The first-order valence-corrected chi connectivity index (χ1v) is 6.75. The van der Waals surface area contributed by atoms with E-state index < -0.39 is 0 Å². The van der Waals surface area contributed by atoms with Gasteiger partial charge >= 0.3 is 0 Å². The van der Waals surface area contributed by atoms with Crippen molar-refractivity contribution >= 4 is 11.3 Å². The Bertz CT molecular complexity index is 522. The van der Waals surface area contributed by atoms with Crippen LogP contribution in [0.15, 0.2) is 11.4 Å². The van der Waals surface area contributed by atoms with Gasteiger partial charge in [0.25, 0.3) is 0 Å². The van der Waals surface area contributed by atoms with Gasteiger partial charge in [-0.25, -0.2) is 4.98 Å². The molecular formula is C13H16N2S. The molecule has 1 aliphatic heterocycles. The van der Waals surface area contributed by atoms with Gasteiger partial charge < -0.3 is 4.57 Å². The van der Waals surface area contributed by atoms with Gasteiger partial charge in [-0.2, -0.15) is 0 Å². The van der Waals surface area contributed by atoms with Gasteiger partial charge in [-0.05, 0) is 32.8 Å². The van der Waals surface area contributed by atoms with Crippen LogP contribution in [0.4, 0.5) is 0 Å². The van der Waals surface area contributed by atoms with E-state index in [0.29, 0.717) is 0 Å². The van der Waals surface area contributed by atoms with Gasteiger partial charge in [0.2, 0.25) is 0 Å². The lowest BCUT2D eigenvalue weighted by molar-refractivity contribution is 0.526. The van der Waals surface area contributed by atoms with Crippen molar-refractivity contribution in [3.8, 4) is 11.3 Å². The quantitative estimate of drug-likeness (QED) is 0.735. The number of thiophene rings is 1. The Labute approximate surface area is 100.0 Å². The first-order valence-electron chi connectivity index (χ1n) is 5.87. The summed E-state index contributed by atoms with van der Waals surface area (Å²) in [5, 5.41) is 2.25. The third-order valence-electron chi connectivity index (χ3n) is 3.26. The summed E-state index contributed by atoms with van der Waals surface area (Å²) in [6.07, 6.45) is 3.72. The molecule has 3 rings (SSSR count). The Morgan fingerprint density at radius 2 is 2.19 bits per heavy atom. The molecule has 0 N–H and O–H groups in total. The minimum atomic E-state index is 1.14. The van der Waals surface area contributed by atoms with Gasteiger partial charge in [-0.15, -0.1) is 11.3 Å². The number of aryl methyl sites for hydroxylation is 3. The van der Waals surface area contributed by atoms with Crippen molar-refractivity contribution in [3.05, 3.63) is 27.8 Å². The molecule has 84 valence electrons. The van der Waals surface area contributed by atoms with Gasteiger partial charge in [0.15, 0.2) is 0 Å². The predicted molar refractivity (Wildman–Crippen MR) is 68.0 cm³/mol. The summed E-state index contributed by atoms with van der Waals surface area (Å²) in [5.41, 5.74) is 3.88. The van der Waals surface area contributed by atoms with E-state index in [2.05, 4.69) is 29.9 Å². The average Bonchev–Trinajstić information content (AvgIpc) is 2.80. The molecule has 0 amide bonds. The maximum Gasteiger partial charge on any atom is 0.109 e. The second-order valence-electron chi connectivity index (χ2n) is 4.52. The zero-order chi connectivity index (χ0) is 11.1. The predicted octanol–water partition coefficient (Wildman–Crippen LogP) is 3.56. The highest BCUT2D eigenvalue weighted by Crippen LogP contribution is 2.31. The first kappa shape index (κ1) is 10.1. The summed E-state index contributed by atoms with van der Waals surface area (Å²) in [7, 11) is 0. The molecule has 3 heteroatoms. The topological polar surface area (TPSA) is 17.8 Å². The Hall–Kier alpha value is -1.09. The average molecular weight is 232 g/mol. The molecular weight excluding hydrogens is 216 g/mol. The molecule has 0 unspecified atom stereocenters. The van der Waals surface area contributed by atoms with E-state index in [1.165, 1.54) is 40.5 Å². The van der Waals surface area contributed by atoms with Crippen LogP contribution in [0.1, 0.15) is 29.2 Å². The van der Waals surface area contributed by atoms with Crippen molar-refractivity contribution in [3.63, 3.8) is 0 Å². The van der Waals surface area contributed by atoms with Crippen molar-refractivity contribution in [2.75, 3.05) is 0 Å². The fourth-order valence-corrected chi connectivity index (χ4v) is 3.24. The van der Waals surface area contributed by atoms with Gasteiger partial charge in [0.1, 0.15) is 5.82 Å². The van der Waals surface area contributed by atoms with E-state index in [9.17, 15) is 0 Å². The molecule has 0 aromatic carbocycles. The number of hydrogen-bond donors (Lipinski definition) is 0. The lowest BCUT2D eigenvalue weighted by atomic mass is 10.1. The molecule has 0 saturated carbocycles. The fourth-order valence-electron chi connectivity index (χ4n) is 2.55. The normalized spacial score (nSPS) is 15.1. The molecule has 16 heavy (non-hydrogen) atoms. The summed E-state index contributed by atoms with van der Waals surface area (Å²) < 4.78 is 2.42. The zero-order valence-corrected chi connectivity index (χ0v) is 10.6. The van der Waals surface area contributed by atoms with Gasteiger partial charge in [0, 0.05) is 28.8 Å². The van der Waals surface area contributed by atoms with Crippen LogP contribution in [0.2, 0.25) is 0 Å². The van der Waals surface area contributed by atoms with Gasteiger partial charge in [0.05, 0.1) is 11.4 Å². The third-order valence-corrected chi connectivity index (χ3v) is 4.12. The molecule has 0 saturated heterocycles. The largest absolute Gasteiger partial charge is 0.328 e. The van der Waals surface area contributed by atoms with E-state index in [4.69, 9.17) is 4.98 Å². The third kappa shape index (κ3) is 1.50. The summed E-state index contributed by atoms with van der Waals surface area (Å²) in [4.78, 5) is 6.08. The number of aromatic nitrogens is 2. The van der Waals surface area contributed by atoms with Crippen molar-refractivity contribution in [2.45, 2.75) is 39.7 Å². The summed E-state index contributed by atoms with van der Waals surface area (Å²) >= 11 is 1.82. The van der Waals surface area contributed by atoms with Crippen molar-refractivity contribution < 1.29 is 0 Å². The lowest BCUT2D eigenvalue weighted by Gasteiger charge is -2.15. The molecule has 2 aromatic rings. The van der Waals surface area contributed by atoms with Crippen LogP contribution in [0.25, 0.3) is 11.3 Å². The Morgan fingerprint density at radius 1 is 1.31 bits per heavy atom. The zero-order valence-electron chi connectivity index (χ0n) is 9.79. The molecule has 3 heterocycles. The number of fused-ring (bicyclic) bond motifs is 1. The van der Waals surface area contributed by atoms with Crippen LogP contribution in [0.5, 0.6) is 0 Å². The second kappa shape index (κ2) is 3.74. The summed E-state index contributed by atoms with van der Waals surface area (Å²) in [6, 6.07) is 2.27.